The molecule has 2 rings (SSSR count). The molecule has 3 atom stereocenters. The Morgan fingerprint density at radius 1 is 1.29 bits per heavy atom. The van der Waals surface area contributed by atoms with E-state index in [1.165, 1.54) is 12.8 Å². The van der Waals surface area contributed by atoms with Crippen LogP contribution in [0.3, 0.4) is 0 Å². The number of carboxylic acids is 1. The van der Waals surface area contributed by atoms with Crippen LogP contribution in [0.2, 0.25) is 0 Å². The summed E-state index contributed by atoms with van der Waals surface area (Å²) in [5.41, 5.74) is 9.77. The van der Waals surface area contributed by atoms with Crippen molar-refractivity contribution in [1.82, 2.24) is 5.43 Å². The van der Waals surface area contributed by atoms with Gasteiger partial charge in [-0.2, -0.15) is 5.43 Å². The first-order chi connectivity index (χ1) is 10.1. The summed E-state index contributed by atoms with van der Waals surface area (Å²) >= 11 is 0. The topological polar surface area (TPSA) is 91.8 Å². The molecule has 21 heavy (non-hydrogen) atoms. The van der Waals surface area contributed by atoms with Gasteiger partial charge in [-0.3, -0.25) is 5.73 Å². The van der Waals surface area contributed by atoms with E-state index >= 15 is 0 Å². The monoisotopic (exact) mass is 299 g/mol. The summed E-state index contributed by atoms with van der Waals surface area (Å²) in [5.74, 6) is -0.283. The molecule has 1 aliphatic carbocycles. The third-order valence-corrected chi connectivity index (χ3v) is 5.06. The van der Waals surface area contributed by atoms with Crippen molar-refractivity contribution in [3.8, 4) is 0 Å². The molecule has 2 aliphatic rings. The number of rotatable bonds is 6. The van der Waals surface area contributed by atoms with Gasteiger partial charge >= 0.3 is 0 Å². The van der Waals surface area contributed by atoms with E-state index in [0.717, 1.165) is 37.2 Å². The highest BCUT2D eigenvalue weighted by atomic mass is 16.5. The van der Waals surface area contributed by atoms with E-state index in [1.807, 2.05) is 0 Å². The lowest BCUT2D eigenvalue weighted by Crippen LogP contribution is -3.25. The minimum Gasteiger partial charge on any atom is -0.550 e. The fourth-order valence-electron chi connectivity index (χ4n) is 3.71. The molecule has 0 radical (unpaired) electrons. The van der Waals surface area contributed by atoms with E-state index in [0.29, 0.717) is 24.5 Å². The van der Waals surface area contributed by atoms with Crippen LogP contribution >= 0.6 is 0 Å². The second kappa shape index (κ2) is 8.08. The summed E-state index contributed by atoms with van der Waals surface area (Å²) < 4.78 is 5.43. The van der Waals surface area contributed by atoms with Gasteiger partial charge in [0.2, 0.25) is 0 Å². The number of carbonyl (C=O) groups is 1. The molecule has 1 saturated heterocycles. The number of carbonyl (C=O) groups excluding carboxylic acids is 1. The maximum absolute atomic E-state index is 10.5. The smallest absolute Gasteiger partial charge is 0.156 e. The summed E-state index contributed by atoms with van der Waals surface area (Å²) in [7, 11) is 1.80. The molecule has 2 fully saturated rings. The van der Waals surface area contributed by atoms with Gasteiger partial charge in [0.1, 0.15) is 0 Å². The Bertz CT molecular complexity index is 332. The molecule has 0 bridgehead atoms. The Kier molecular flexibility index (Phi) is 6.41. The fourth-order valence-corrected chi connectivity index (χ4v) is 3.71. The number of quaternary nitrogens is 1. The minimum absolute atomic E-state index is 0.0679. The van der Waals surface area contributed by atoms with E-state index < -0.39 is 5.97 Å². The molecule has 1 aliphatic heterocycles. The molecule has 0 aromatic heterocycles. The molecule has 1 saturated carbocycles. The van der Waals surface area contributed by atoms with Crippen molar-refractivity contribution < 1.29 is 19.6 Å². The lowest BCUT2D eigenvalue weighted by atomic mass is 9.80. The van der Waals surface area contributed by atoms with Gasteiger partial charge in [0.05, 0.1) is 18.7 Å². The molecule has 0 aromatic carbocycles. The Morgan fingerprint density at radius 3 is 2.62 bits per heavy atom. The zero-order chi connectivity index (χ0) is 15.2. The van der Waals surface area contributed by atoms with Gasteiger partial charge in [0, 0.05) is 25.9 Å². The standard InChI is InChI=1S/C15H29N3O3/c1-21-12-6-4-11(5-7-12)13-8-9-14(16)18(17-13)10-2-3-15(19)20/h11-14,17H,2-10,16H2,1H3,(H,19,20). The van der Waals surface area contributed by atoms with Crippen LogP contribution < -0.4 is 21.3 Å². The molecule has 0 spiro atoms. The average molecular weight is 299 g/mol. The van der Waals surface area contributed by atoms with Crippen molar-refractivity contribution in [2.75, 3.05) is 13.7 Å². The van der Waals surface area contributed by atoms with Gasteiger partial charge in [-0.15, -0.1) is 0 Å². The first-order valence-corrected chi connectivity index (χ1v) is 8.20. The SMILES string of the molecule is COC1CCC(C2CCC(N)[NH+](CCCC(=O)[O-])N2)CC1. The minimum atomic E-state index is -0.977. The van der Waals surface area contributed by atoms with Crippen LogP contribution in [0.4, 0.5) is 0 Å². The molecule has 1 heterocycles. The van der Waals surface area contributed by atoms with Crippen LogP contribution in [0.1, 0.15) is 51.4 Å². The zero-order valence-corrected chi connectivity index (χ0v) is 13.0. The largest absolute Gasteiger partial charge is 0.550 e. The normalized spacial score (nSPS) is 37.3. The van der Waals surface area contributed by atoms with Crippen LogP contribution in [-0.4, -0.2) is 37.9 Å². The molecular formula is C15H29N3O3. The van der Waals surface area contributed by atoms with Crippen molar-refractivity contribution >= 4 is 5.97 Å². The highest BCUT2D eigenvalue weighted by Crippen LogP contribution is 2.30. The predicted molar refractivity (Wildman–Crippen MR) is 77.0 cm³/mol. The third-order valence-electron chi connectivity index (χ3n) is 5.06. The number of hydrogen-bond donors (Lipinski definition) is 3. The van der Waals surface area contributed by atoms with E-state index in [-0.39, 0.29) is 12.6 Å². The predicted octanol–water partition coefficient (Wildman–Crippen LogP) is -1.44. The summed E-state index contributed by atoms with van der Waals surface area (Å²) in [6.45, 7) is 0.749. The molecular weight excluding hydrogens is 270 g/mol. The van der Waals surface area contributed by atoms with E-state index in [9.17, 15) is 9.90 Å². The molecule has 6 heteroatoms. The van der Waals surface area contributed by atoms with E-state index in [1.54, 1.807) is 7.11 Å². The summed E-state index contributed by atoms with van der Waals surface area (Å²) in [6.07, 6.45) is 8.04. The van der Waals surface area contributed by atoms with E-state index in [2.05, 4.69) is 5.43 Å². The molecule has 122 valence electrons. The Labute approximate surface area is 127 Å². The van der Waals surface area contributed by atoms with Crippen molar-refractivity contribution in [1.29, 1.82) is 0 Å². The van der Waals surface area contributed by atoms with Gasteiger partial charge < -0.3 is 14.6 Å². The van der Waals surface area contributed by atoms with Crippen molar-refractivity contribution in [2.45, 2.75) is 69.7 Å². The van der Waals surface area contributed by atoms with Crippen LogP contribution in [0.25, 0.3) is 0 Å². The molecule has 3 unspecified atom stereocenters. The van der Waals surface area contributed by atoms with Gasteiger partial charge in [-0.1, -0.05) is 0 Å². The van der Waals surface area contributed by atoms with Crippen molar-refractivity contribution in [2.24, 2.45) is 11.7 Å². The molecule has 0 amide bonds. The highest BCUT2D eigenvalue weighted by Gasteiger charge is 2.35. The highest BCUT2D eigenvalue weighted by molar-refractivity contribution is 5.64. The number of nitrogens with two attached hydrogens (primary N) is 1. The number of carboxylic acid groups (broad SMARTS) is 1. The summed E-state index contributed by atoms with van der Waals surface area (Å²) in [5, 5.41) is 11.6. The number of ether oxygens (including phenoxy) is 1. The van der Waals surface area contributed by atoms with Gasteiger partial charge in [-0.05, 0) is 44.4 Å². The second-order valence-electron chi connectivity index (χ2n) is 6.46. The Hall–Kier alpha value is -0.690. The number of hydrogen-bond acceptors (Lipinski definition) is 5. The number of nitrogens with one attached hydrogen (secondary N) is 2. The summed E-state index contributed by atoms with van der Waals surface area (Å²) in [4.78, 5) is 10.5. The number of aliphatic carboxylic acids is 1. The van der Waals surface area contributed by atoms with Crippen LogP contribution in [-0.2, 0) is 9.53 Å². The zero-order valence-electron chi connectivity index (χ0n) is 13.0. The lowest BCUT2D eigenvalue weighted by molar-refractivity contribution is -0.977. The maximum Gasteiger partial charge on any atom is 0.156 e. The lowest BCUT2D eigenvalue weighted by Gasteiger charge is -2.40. The quantitative estimate of drug-likeness (QED) is 0.559. The van der Waals surface area contributed by atoms with Crippen LogP contribution in [0, 0.1) is 5.92 Å². The second-order valence-corrected chi connectivity index (χ2v) is 6.46. The first-order valence-electron chi connectivity index (χ1n) is 8.20. The molecule has 6 nitrogen and oxygen atoms in total. The average Bonchev–Trinajstić information content (AvgIpc) is 2.49. The summed E-state index contributed by atoms with van der Waals surface area (Å²) in [6, 6.07) is 0.501. The fraction of sp³-hybridized carbons (Fsp3) is 0.933. The van der Waals surface area contributed by atoms with Gasteiger partial charge in [-0.25, -0.2) is 5.01 Å². The third kappa shape index (κ3) is 4.92. The van der Waals surface area contributed by atoms with Gasteiger partial charge in [0.15, 0.2) is 6.17 Å². The van der Waals surface area contributed by atoms with E-state index in [4.69, 9.17) is 10.5 Å². The van der Waals surface area contributed by atoms with Crippen molar-refractivity contribution in [3.63, 3.8) is 0 Å². The Morgan fingerprint density at radius 2 is 2.00 bits per heavy atom. The van der Waals surface area contributed by atoms with Gasteiger partial charge in [0.25, 0.3) is 0 Å². The number of methoxy groups -OCH3 is 1. The van der Waals surface area contributed by atoms with Crippen molar-refractivity contribution in [3.05, 3.63) is 0 Å². The first kappa shape index (κ1) is 16.7. The maximum atomic E-state index is 10.5. The van der Waals surface area contributed by atoms with Crippen LogP contribution in [0.15, 0.2) is 0 Å². The molecule has 4 N–H and O–H groups in total. The Balaban J connectivity index is 1.78. The van der Waals surface area contributed by atoms with Crippen LogP contribution in [0.5, 0.6) is 0 Å². The molecule has 0 aromatic rings.